The van der Waals surface area contributed by atoms with Crippen LogP contribution in [0.5, 0.6) is 0 Å². The van der Waals surface area contributed by atoms with E-state index < -0.39 is 0 Å². The molecule has 2 aromatic heterocycles. The van der Waals surface area contributed by atoms with E-state index in [0.717, 1.165) is 5.56 Å². The highest BCUT2D eigenvalue weighted by atomic mass is 79.9. The average Bonchev–Trinajstić information content (AvgIpc) is 2.84. The molecule has 0 radical (unpaired) electrons. The molecule has 0 fully saturated rings. The van der Waals surface area contributed by atoms with Gasteiger partial charge in [0.15, 0.2) is 4.67 Å². The third kappa shape index (κ3) is 2.36. The summed E-state index contributed by atoms with van der Waals surface area (Å²) in [5.41, 5.74) is 2.88. The second-order valence-electron chi connectivity index (χ2n) is 3.37. The van der Waals surface area contributed by atoms with E-state index in [4.69, 9.17) is 4.42 Å². The third-order valence-corrected chi connectivity index (χ3v) is 3.79. The molecular weight excluding hydrogens is 290 g/mol. The Morgan fingerprint density at radius 2 is 2.38 bits per heavy atom. The first-order valence-electron chi connectivity index (χ1n) is 4.71. The SMILES string of the molecule is Cc1cscc1CNC(=O)c1ccoc1Br. The molecule has 16 heavy (non-hydrogen) atoms. The van der Waals surface area contributed by atoms with Crippen molar-refractivity contribution < 1.29 is 9.21 Å². The second kappa shape index (κ2) is 4.84. The summed E-state index contributed by atoms with van der Waals surface area (Å²) in [6, 6.07) is 1.64. The lowest BCUT2D eigenvalue weighted by Crippen LogP contribution is -2.22. The Kier molecular flexibility index (Phi) is 3.46. The first-order valence-corrected chi connectivity index (χ1v) is 6.45. The zero-order chi connectivity index (χ0) is 11.5. The number of aryl methyl sites for hydroxylation is 1. The normalized spacial score (nSPS) is 10.4. The molecule has 2 aromatic rings. The van der Waals surface area contributed by atoms with Gasteiger partial charge in [-0.15, -0.1) is 0 Å². The molecule has 0 saturated heterocycles. The van der Waals surface area contributed by atoms with E-state index in [0.29, 0.717) is 16.8 Å². The van der Waals surface area contributed by atoms with Gasteiger partial charge in [0, 0.05) is 6.54 Å². The number of carbonyl (C=O) groups excluding carboxylic acids is 1. The van der Waals surface area contributed by atoms with Crippen LogP contribution in [0.2, 0.25) is 0 Å². The zero-order valence-electron chi connectivity index (χ0n) is 8.62. The lowest BCUT2D eigenvalue weighted by molar-refractivity contribution is 0.0949. The van der Waals surface area contributed by atoms with Gasteiger partial charge in [-0.2, -0.15) is 11.3 Å². The largest absolute Gasteiger partial charge is 0.457 e. The highest BCUT2D eigenvalue weighted by molar-refractivity contribution is 9.10. The molecule has 2 rings (SSSR count). The molecule has 2 heterocycles. The van der Waals surface area contributed by atoms with E-state index in [1.165, 1.54) is 11.8 Å². The number of hydrogen-bond donors (Lipinski definition) is 1. The highest BCUT2D eigenvalue weighted by Gasteiger charge is 2.12. The van der Waals surface area contributed by atoms with Crippen LogP contribution in [-0.2, 0) is 6.54 Å². The minimum Gasteiger partial charge on any atom is -0.457 e. The molecule has 0 atom stereocenters. The summed E-state index contributed by atoms with van der Waals surface area (Å²) >= 11 is 4.81. The van der Waals surface area contributed by atoms with Crippen molar-refractivity contribution in [2.24, 2.45) is 0 Å². The van der Waals surface area contributed by atoms with Gasteiger partial charge < -0.3 is 9.73 Å². The Morgan fingerprint density at radius 3 is 2.94 bits per heavy atom. The maximum atomic E-state index is 11.7. The maximum Gasteiger partial charge on any atom is 0.256 e. The molecule has 0 spiro atoms. The predicted molar refractivity (Wildman–Crippen MR) is 66.6 cm³/mol. The van der Waals surface area contributed by atoms with Crippen LogP contribution in [0.4, 0.5) is 0 Å². The summed E-state index contributed by atoms with van der Waals surface area (Å²) in [5, 5.41) is 6.95. The van der Waals surface area contributed by atoms with E-state index in [-0.39, 0.29) is 5.91 Å². The van der Waals surface area contributed by atoms with Crippen molar-refractivity contribution in [3.05, 3.63) is 44.4 Å². The lowest BCUT2D eigenvalue weighted by Gasteiger charge is -2.03. The van der Waals surface area contributed by atoms with Crippen LogP contribution >= 0.6 is 27.3 Å². The Bertz CT molecular complexity index is 504. The number of rotatable bonds is 3. The fourth-order valence-electron chi connectivity index (χ4n) is 1.29. The van der Waals surface area contributed by atoms with Crippen LogP contribution in [0.3, 0.4) is 0 Å². The molecule has 84 valence electrons. The van der Waals surface area contributed by atoms with Gasteiger partial charge in [0.2, 0.25) is 0 Å². The maximum absolute atomic E-state index is 11.7. The van der Waals surface area contributed by atoms with Crippen LogP contribution in [-0.4, -0.2) is 5.91 Å². The summed E-state index contributed by atoms with van der Waals surface area (Å²) in [4.78, 5) is 11.7. The van der Waals surface area contributed by atoms with Crippen molar-refractivity contribution in [1.29, 1.82) is 0 Å². The molecular formula is C11H10BrNO2S. The smallest absolute Gasteiger partial charge is 0.256 e. The van der Waals surface area contributed by atoms with Gasteiger partial charge in [0.05, 0.1) is 11.8 Å². The van der Waals surface area contributed by atoms with E-state index in [1.54, 1.807) is 17.4 Å². The van der Waals surface area contributed by atoms with Gasteiger partial charge in [-0.05, 0) is 50.8 Å². The van der Waals surface area contributed by atoms with Crippen LogP contribution in [0.25, 0.3) is 0 Å². The third-order valence-electron chi connectivity index (χ3n) is 2.26. The summed E-state index contributed by atoms with van der Waals surface area (Å²) in [7, 11) is 0. The highest BCUT2D eigenvalue weighted by Crippen LogP contribution is 2.18. The minimum atomic E-state index is -0.133. The Labute approximate surface area is 106 Å². The van der Waals surface area contributed by atoms with Gasteiger partial charge >= 0.3 is 0 Å². The Balaban J connectivity index is 1.99. The molecule has 0 saturated carbocycles. The van der Waals surface area contributed by atoms with Crippen molar-refractivity contribution in [2.75, 3.05) is 0 Å². The quantitative estimate of drug-likeness (QED) is 0.944. The molecule has 1 amide bonds. The van der Waals surface area contributed by atoms with Crippen molar-refractivity contribution in [2.45, 2.75) is 13.5 Å². The average molecular weight is 300 g/mol. The molecule has 0 bridgehead atoms. The number of amides is 1. The van der Waals surface area contributed by atoms with Gasteiger partial charge in [-0.3, -0.25) is 4.79 Å². The topological polar surface area (TPSA) is 42.2 Å². The summed E-state index contributed by atoms with van der Waals surface area (Å²) in [6.07, 6.45) is 1.48. The predicted octanol–water partition coefficient (Wildman–Crippen LogP) is 3.34. The molecule has 0 aliphatic carbocycles. The van der Waals surface area contributed by atoms with Gasteiger partial charge in [-0.1, -0.05) is 0 Å². The number of carbonyl (C=O) groups is 1. The molecule has 0 aliphatic heterocycles. The van der Waals surface area contributed by atoms with Crippen molar-refractivity contribution in [1.82, 2.24) is 5.32 Å². The van der Waals surface area contributed by atoms with Gasteiger partial charge in [0.1, 0.15) is 0 Å². The molecule has 1 N–H and O–H groups in total. The minimum absolute atomic E-state index is 0.133. The number of hydrogen-bond acceptors (Lipinski definition) is 3. The number of nitrogens with one attached hydrogen (secondary N) is 1. The molecule has 5 heteroatoms. The fourth-order valence-corrected chi connectivity index (χ4v) is 2.57. The standard InChI is InChI=1S/C11H10BrNO2S/c1-7-5-16-6-8(7)4-13-11(14)9-2-3-15-10(9)12/h2-3,5-6H,4H2,1H3,(H,13,14). The number of furan rings is 1. The Morgan fingerprint density at radius 1 is 1.56 bits per heavy atom. The van der Waals surface area contributed by atoms with Crippen LogP contribution in [0, 0.1) is 6.92 Å². The summed E-state index contributed by atoms with van der Waals surface area (Å²) in [6.45, 7) is 2.58. The van der Waals surface area contributed by atoms with Gasteiger partial charge in [0.25, 0.3) is 5.91 Å². The number of thiophene rings is 1. The van der Waals surface area contributed by atoms with Crippen molar-refractivity contribution in [3.8, 4) is 0 Å². The molecule has 0 unspecified atom stereocenters. The van der Waals surface area contributed by atoms with E-state index in [2.05, 4.69) is 26.6 Å². The zero-order valence-corrected chi connectivity index (χ0v) is 11.0. The lowest BCUT2D eigenvalue weighted by atomic mass is 10.2. The van der Waals surface area contributed by atoms with Crippen LogP contribution < -0.4 is 5.32 Å². The van der Waals surface area contributed by atoms with E-state index in [1.807, 2.05) is 12.3 Å². The van der Waals surface area contributed by atoms with Crippen molar-refractivity contribution >= 4 is 33.2 Å². The van der Waals surface area contributed by atoms with Gasteiger partial charge in [-0.25, -0.2) is 0 Å². The Hall–Kier alpha value is -1.07. The second-order valence-corrected chi connectivity index (χ2v) is 4.83. The molecule has 0 aromatic carbocycles. The van der Waals surface area contributed by atoms with E-state index in [9.17, 15) is 4.79 Å². The van der Waals surface area contributed by atoms with E-state index >= 15 is 0 Å². The van der Waals surface area contributed by atoms with Crippen LogP contribution in [0.1, 0.15) is 21.5 Å². The summed E-state index contributed by atoms with van der Waals surface area (Å²) < 4.78 is 5.47. The van der Waals surface area contributed by atoms with Crippen molar-refractivity contribution in [3.63, 3.8) is 0 Å². The first-order chi connectivity index (χ1) is 7.68. The number of halogens is 1. The monoisotopic (exact) mass is 299 g/mol. The molecule has 3 nitrogen and oxygen atoms in total. The van der Waals surface area contributed by atoms with Crippen LogP contribution in [0.15, 0.2) is 32.2 Å². The first kappa shape index (κ1) is 11.4. The summed E-state index contributed by atoms with van der Waals surface area (Å²) in [5.74, 6) is -0.133. The molecule has 0 aliphatic rings. The fraction of sp³-hybridized carbons (Fsp3) is 0.182.